The lowest BCUT2D eigenvalue weighted by Gasteiger charge is -2.14. The molecule has 1 atom stereocenters. The third-order valence-electron chi connectivity index (χ3n) is 2.03. The molecule has 5 heteroatoms. The van der Waals surface area contributed by atoms with Crippen molar-refractivity contribution >= 4 is 22.0 Å². The summed E-state index contributed by atoms with van der Waals surface area (Å²) in [5, 5.41) is 11.1. The smallest absolute Gasteiger partial charge is 0.407 e. The molecular formula is C11H14BrNO3. The molecule has 4 nitrogen and oxygen atoms in total. The van der Waals surface area contributed by atoms with Crippen LogP contribution in [0.4, 0.5) is 4.79 Å². The number of nitrogens with one attached hydrogen (secondary N) is 1. The van der Waals surface area contributed by atoms with Gasteiger partial charge in [0.15, 0.2) is 0 Å². The Morgan fingerprint density at radius 1 is 1.50 bits per heavy atom. The second-order valence-electron chi connectivity index (χ2n) is 3.28. The minimum Gasteiger partial charge on any atom is -0.447 e. The Morgan fingerprint density at radius 3 is 2.69 bits per heavy atom. The first-order chi connectivity index (χ1) is 7.63. The lowest BCUT2D eigenvalue weighted by Crippen LogP contribution is -2.28. The molecule has 1 unspecified atom stereocenters. The largest absolute Gasteiger partial charge is 0.447 e. The number of carbonyl (C=O) groups excluding carboxylic acids is 1. The first-order valence-electron chi connectivity index (χ1n) is 4.93. The lowest BCUT2D eigenvalue weighted by molar-refractivity contribution is 0.116. The maximum atomic E-state index is 11.2. The molecule has 1 rings (SSSR count). The van der Waals surface area contributed by atoms with Crippen molar-refractivity contribution in [1.29, 1.82) is 0 Å². The highest BCUT2D eigenvalue weighted by molar-refractivity contribution is 9.10. The van der Waals surface area contributed by atoms with E-state index >= 15 is 0 Å². The van der Waals surface area contributed by atoms with E-state index in [0.29, 0.717) is 0 Å². The molecule has 2 N–H and O–H groups in total. The number of amides is 1. The number of aliphatic hydroxyl groups excluding tert-OH is 1. The molecule has 88 valence electrons. The highest BCUT2D eigenvalue weighted by Gasteiger charge is 2.09. The number of hydrogen-bond donors (Lipinski definition) is 2. The van der Waals surface area contributed by atoms with Crippen LogP contribution < -0.4 is 5.32 Å². The molecular weight excluding hydrogens is 274 g/mol. The quantitative estimate of drug-likeness (QED) is 0.893. The van der Waals surface area contributed by atoms with Crippen LogP contribution in [0.5, 0.6) is 0 Å². The first-order valence-corrected chi connectivity index (χ1v) is 5.72. The van der Waals surface area contributed by atoms with Gasteiger partial charge in [-0.15, -0.1) is 0 Å². The van der Waals surface area contributed by atoms with Crippen LogP contribution in [0.25, 0.3) is 0 Å². The molecule has 1 amide bonds. The van der Waals surface area contributed by atoms with Crippen molar-refractivity contribution in [1.82, 2.24) is 5.32 Å². The zero-order chi connectivity index (χ0) is 12.0. The maximum absolute atomic E-state index is 11.2. The van der Waals surface area contributed by atoms with E-state index in [-0.39, 0.29) is 19.3 Å². The lowest BCUT2D eigenvalue weighted by atomic mass is 10.1. The van der Waals surface area contributed by atoms with Gasteiger partial charge >= 0.3 is 6.09 Å². The van der Waals surface area contributed by atoms with Gasteiger partial charge in [0, 0.05) is 4.47 Å². The Kier molecular flexibility index (Phi) is 5.28. The van der Waals surface area contributed by atoms with Crippen LogP contribution in [0.3, 0.4) is 0 Å². The van der Waals surface area contributed by atoms with Gasteiger partial charge in [-0.05, 0) is 24.6 Å². The van der Waals surface area contributed by atoms with Gasteiger partial charge < -0.3 is 15.2 Å². The number of benzene rings is 1. The summed E-state index contributed by atoms with van der Waals surface area (Å²) < 4.78 is 5.69. The Labute approximate surface area is 103 Å². The van der Waals surface area contributed by atoms with Crippen LogP contribution in [-0.2, 0) is 4.74 Å². The number of alkyl carbamates (subject to hydrolysis) is 1. The number of halogens is 1. The van der Waals surface area contributed by atoms with Crippen molar-refractivity contribution < 1.29 is 14.6 Å². The van der Waals surface area contributed by atoms with Crippen molar-refractivity contribution in [3.63, 3.8) is 0 Å². The zero-order valence-electron chi connectivity index (χ0n) is 8.94. The van der Waals surface area contributed by atoms with Crippen molar-refractivity contribution in [2.45, 2.75) is 13.0 Å². The van der Waals surface area contributed by atoms with Crippen LogP contribution in [-0.4, -0.2) is 24.4 Å². The minimum absolute atomic E-state index is 0.0128. The molecule has 1 aromatic rings. The molecule has 0 aliphatic rings. The number of aliphatic hydroxyl groups is 1. The second-order valence-corrected chi connectivity index (χ2v) is 4.19. The molecule has 0 saturated carbocycles. The molecule has 0 heterocycles. The van der Waals surface area contributed by atoms with Gasteiger partial charge in [-0.1, -0.05) is 28.1 Å². The molecule has 1 aromatic carbocycles. The highest BCUT2D eigenvalue weighted by Crippen LogP contribution is 2.16. The van der Waals surface area contributed by atoms with Crippen molar-refractivity contribution in [3.8, 4) is 0 Å². The van der Waals surface area contributed by atoms with Gasteiger partial charge in [0.1, 0.15) is 6.61 Å². The SMILES string of the molecule is CC(NC(=O)OCCO)c1ccc(Br)cc1. The van der Waals surface area contributed by atoms with E-state index in [2.05, 4.69) is 21.2 Å². The molecule has 16 heavy (non-hydrogen) atoms. The molecule has 0 spiro atoms. The first kappa shape index (κ1) is 13.0. The molecule has 0 radical (unpaired) electrons. The maximum Gasteiger partial charge on any atom is 0.407 e. The minimum atomic E-state index is -0.524. The van der Waals surface area contributed by atoms with E-state index in [1.807, 2.05) is 31.2 Å². The predicted octanol–water partition coefficient (Wildman–Crippen LogP) is 2.23. The molecule has 0 aliphatic heterocycles. The third kappa shape index (κ3) is 4.20. The number of carbonyl (C=O) groups is 1. The summed E-state index contributed by atoms with van der Waals surface area (Å²) in [6, 6.07) is 7.53. The van der Waals surface area contributed by atoms with E-state index in [4.69, 9.17) is 9.84 Å². The van der Waals surface area contributed by atoms with Crippen LogP contribution in [0, 0.1) is 0 Å². The van der Waals surface area contributed by atoms with Crippen LogP contribution in [0.1, 0.15) is 18.5 Å². The van der Waals surface area contributed by atoms with Gasteiger partial charge in [0.05, 0.1) is 12.6 Å². The topological polar surface area (TPSA) is 58.6 Å². The summed E-state index contributed by atoms with van der Waals surface area (Å²) in [7, 11) is 0. The summed E-state index contributed by atoms with van der Waals surface area (Å²) in [6.45, 7) is 1.71. The van der Waals surface area contributed by atoms with Crippen molar-refractivity contribution in [2.24, 2.45) is 0 Å². The monoisotopic (exact) mass is 287 g/mol. The van der Waals surface area contributed by atoms with Crippen molar-refractivity contribution in [2.75, 3.05) is 13.2 Å². The van der Waals surface area contributed by atoms with Gasteiger partial charge in [-0.3, -0.25) is 0 Å². The Morgan fingerprint density at radius 2 is 2.12 bits per heavy atom. The van der Waals surface area contributed by atoms with Gasteiger partial charge in [0.25, 0.3) is 0 Å². The molecule has 0 aliphatic carbocycles. The number of rotatable bonds is 4. The molecule has 0 saturated heterocycles. The summed E-state index contributed by atoms with van der Waals surface area (Å²) in [5.74, 6) is 0. The van der Waals surface area contributed by atoms with E-state index in [0.717, 1.165) is 10.0 Å². The Hall–Kier alpha value is -1.07. The van der Waals surface area contributed by atoms with E-state index in [1.54, 1.807) is 0 Å². The summed E-state index contributed by atoms with van der Waals surface area (Å²) in [6.07, 6.45) is -0.524. The predicted molar refractivity (Wildman–Crippen MR) is 64.1 cm³/mol. The fraction of sp³-hybridized carbons (Fsp3) is 0.364. The highest BCUT2D eigenvalue weighted by atomic mass is 79.9. The van der Waals surface area contributed by atoms with Gasteiger partial charge in [0.2, 0.25) is 0 Å². The normalized spacial score (nSPS) is 11.9. The average molecular weight is 288 g/mol. The number of hydrogen-bond acceptors (Lipinski definition) is 3. The Balaban J connectivity index is 2.48. The molecule has 0 aromatic heterocycles. The van der Waals surface area contributed by atoms with Crippen LogP contribution in [0.2, 0.25) is 0 Å². The summed E-state index contributed by atoms with van der Waals surface area (Å²) in [5.41, 5.74) is 0.990. The third-order valence-corrected chi connectivity index (χ3v) is 2.56. The fourth-order valence-electron chi connectivity index (χ4n) is 1.19. The number of ether oxygens (including phenoxy) is 1. The summed E-state index contributed by atoms with van der Waals surface area (Å²) in [4.78, 5) is 11.2. The fourth-order valence-corrected chi connectivity index (χ4v) is 1.46. The second kappa shape index (κ2) is 6.50. The zero-order valence-corrected chi connectivity index (χ0v) is 10.5. The molecule has 0 fully saturated rings. The van der Waals surface area contributed by atoms with E-state index in [9.17, 15) is 4.79 Å². The standard InChI is InChI=1S/C11H14BrNO3/c1-8(13-11(15)16-7-6-14)9-2-4-10(12)5-3-9/h2-5,8,14H,6-7H2,1H3,(H,13,15). The van der Waals surface area contributed by atoms with E-state index < -0.39 is 6.09 Å². The summed E-state index contributed by atoms with van der Waals surface area (Å²) >= 11 is 3.34. The van der Waals surface area contributed by atoms with Crippen LogP contribution in [0.15, 0.2) is 28.7 Å². The van der Waals surface area contributed by atoms with E-state index in [1.165, 1.54) is 0 Å². The van der Waals surface area contributed by atoms with Gasteiger partial charge in [-0.2, -0.15) is 0 Å². The van der Waals surface area contributed by atoms with Crippen LogP contribution >= 0.6 is 15.9 Å². The average Bonchev–Trinajstić information content (AvgIpc) is 2.27. The Bertz CT molecular complexity index is 340. The molecule has 0 bridgehead atoms. The van der Waals surface area contributed by atoms with Crippen molar-refractivity contribution in [3.05, 3.63) is 34.3 Å². The van der Waals surface area contributed by atoms with Gasteiger partial charge in [-0.25, -0.2) is 4.79 Å².